The number of hydrogen-bond acceptors (Lipinski definition) is 3. The van der Waals surface area contributed by atoms with Crippen molar-refractivity contribution >= 4 is 0 Å². The Bertz CT molecular complexity index is 554. The molecule has 1 aliphatic heterocycles. The van der Waals surface area contributed by atoms with Gasteiger partial charge < -0.3 is 4.74 Å². The Morgan fingerprint density at radius 3 is 2.89 bits per heavy atom. The fraction of sp³-hybridized carbons (Fsp3) is 0.375. The van der Waals surface area contributed by atoms with Gasteiger partial charge in [0.05, 0.1) is 12.7 Å². The van der Waals surface area contributed by atoms with E-state index in [2.05, 4.69) is 35.1 Å². The van der Waals surface area contributed by atoms with Crippen molar-refractivity contribution in [1.82, 2.24) is 9.97 Å². The zero-order chi connectivity index (χ0) is 13.1. The van der Waals surface area contributed by atoms with Crippen LogP contribution in [0.1, 0.15) is 37.0 Å². The first-order chi connectivity index (χ1) is 9.38. The number of aromatic nitrogens is 2. The van der Waals surface area contributed by atoms with E-state index in [1.165, 1.54) is 11.1 Å². The van der Waals surface area contributed by atoms with Gasteiger partial charge in [-0.2, -0.15) is 0 Å². The summed E-state index contributed by atoms with van der Waals surface area (Å²) in [5, 5.41) is 0. The minimum absolute atomic E-state index is 0.263. The van der Waals surface area contributed by atoms with Crippen LogP contribution in [0, 0.1) is 0 Å². The molecule has 0 unspecified atom stereocenters. The molecule has 3 nitrogen and oxygen atoms in total. The number of nitrogens with zero attached hydrogens (tertiary/aromatic N) is 2. The standard InChI is InChI=1S/C16H18N2O/c1-2-4-15-14-6-5-13(11-12(14)7-10-19-15)16-17-8-3-9-18-16/h3,5-6,8-9,11,15H,2,4,7,10H2,1H3/t15-/m1/s1. The molecule has 0 saturated carbocycles. The number of rotatable bonds is 3. The van der Waals surface area contributed by atoms with Crippen LogP contribution >= 0.6 is 0 Å². The van der Waals surface area contributed by atoms with E-state index < -0.39 is 0 Å². The molecule has 3 heteroatoms. The van der Waals surface area contributed by atoms with Gasteiger partial charge in [0.1, 0.15) is 0 Å². The van der Waals surface area contributed by atoms with Crippen molar-refractivity contribution in [3.05, 3.63) is 47.8 Å². The average molecular weight is 254 g/mol. The van der Waals surface area contributed by atoms with Crippen molar-refractivity contribution in [1.29, 1.82) is 0 Å². The third-order valence-corrected chi connectivity index (χ3v) is 3.56. The predicted octanol–water partition coefficient (Wildman–Crippen LogP) is 3.56. The minimum atomic E-state index is 0.263. The first-order valence-corrected chi connectivity index (χ1v) is 6.90. The van der Waals surface area contributed by atoms with Crippen LogP contribution in [0.2, 0.25) is 0 Å². The summed E-state index contributed by atoms with van der Waals surface area (Å²) < 4.78 is 5.86. The van der Waals surface area contributed by atoms with Gasteiger partial charge in [0.25, 0.3) is 0 Å². The molecular formula is C16H18N2O. The molecule has 98 valence electrons. The van der Waals surface area contributed by atoms with E-state index in [1.807, 2.05) is 6.07 Å². The van der Waals surface area contributed by atoms with E-state index in [4.69, 9.17) is 4.74 Å². The molecule has 2 aromatic rings. The fourth-order valence-corrected chi connectivity index (χ4v) is 2.63. The van der Waals surface area contributed by atoms with Crippen LogP contribution in [0.15, 0.2) is 36.7 Å². The number of hydrogen-bond donors (Lipinski definition) is 0. The highest BCUT2D eigenvalue weighted by Crippen LogP contribution is 2.32. The summed E-state index contributed by atoms with van der Waals surface area (Å²) in [6, 6.07) is 8.34. The Kier molecular flexibility index (Phi) is 3.56. The Labute approximate surface area is 113 Å². The van der Waals surface area contributed by atoms with E-state index in [0.717, 1.165) is 37.3 Å². The molecule has 0 saturated heterocycles. The van der Waals surface area contributed by atoms with Crippen LogP contribution in [-0.4, -0.2) is 16.6 Å². The normalized spacial score (nSPS) is 18.1. The highest BCUT2D eigenvalue weighted by Gasteiger charge is 2.20. The maximum atomic E-state index is 5.86. The second-order valence-corrected chi connectivity index (χ2v) is 4.88. The summed E-state index contributed by atoms with van der Waals surface area (Å²) in [6.45, 7) is 3.01. The molecule has 0 bridgehead atoms. The summed E-state index contributed by atoms with van der Waals surface area (Å²) in [6.07, 6.45) is 7.05. The van der Waals surface area contributed by atoms with Crippen LogP contribution in [0.3, 0.4) is 0 Å². The van der Waals surface area contributed by atoms with Gasteiger partial charge in [-0.05, 0) is 36.1 Å². The third-order valence-electron chi connectivity index (χ3n) is 3.56. The predicted molar refractivity (Wildman–Crippen MR) is 74.8 cm³/mol. The molecule has 3 rings (SSSR count). The maximum Gasteiger partial charge on any atom is 0.159 e. The van der Waals surface area contributed by atoms with Crippen molar-refractivity contribution in [3.8, 4) is 11.4 Å². The van der Waals surface area contributed by atoms with Crippen molar-refractivity contribution in [2.45, 2.75) is 32.3 Å². The van der Waals surface area contributed by atoms with E-state index in [-0.39, 0.29) is 6.10 Å². The van der Waals surface area contributed by atoms with Crippen LogP contribution in [0.4, 0.5) is 0 Å². The summed E-state index contributed by atoms with van der Waals surface area (Å²) in [4.78, 5) is 8.62. The van der Waals surface area contributed by atoms with Crippen molar-refractivity contribution in [3.63, 3.8) is 0 Å². The van der Waals surface area contributed by atoms with Crippen LogP contribution in [0.5, 0.6) is 0 Å². The molecule has 0 amide bonds. The van der Waals surface area contributed by atoms with Gasteiger partial charge in [0.15, 0.2) is 5.82 Å². The van der Waals surface area contributed by atoms with E-state index in [0.29, 0.717) is 0 Å². The molecule has 2 heterocycles. The topological polar surface area (TPSA) is 35.0 Å². The van der Waals surface area contributed by atoms with Gasteiger partial charge >= 0.3 is 0 Å². The highest BCUT2D eigenvalue weighted by atomic mass is 16.5. The molecule has 1 aromatic carbocycles. The van der Waals surface area contributed by atoms with Gasteiger partial charge in [-0.15, -0.1) is 0 Å². The molecule has 0 N–H and O–H groups in total. The molecule has 1 aromatic heterocycles. The summed E-state index contributed by atoms with van der Waals surface area (Å²) in [7, 11) is 0. The van der Waals surface area contributed by atoms with Gasteiger partial charge in [0.2, 0.25) is 0 Å². The molecule has 0 aliphatic carbocycles. The first-order valence-electron chi connectivity index (χ1n) is 6.90. The monoisotopic (exact) mass is 254 g/mol. The molecule has 0 radical (unpaired) electrons. The third kappa shape index (κ3) is 2.51. The largest absolute Gasteiger partial charge is 0.373 e. The minimum Gasteiger partial charge on any atom is -0.373 e. The number of benzene rings is 1. The van der Waals surface area contributed by atoms with Crippen molar-refractivity contribution < 1.29 is 4.74 Å². The van der Waals surface area contributed by atoms with Gasteiger partial charge in [-0.3, -0.25) is 0 Å². The second-order valence-electron chi connectivity index (χ2n) is 4.88. The molecular weight excluding hydrogens is 236 g/mol. The Morgan fingerprint density at radius 1 is 1.26 bits per heavy atom. The molecule has 0 fully saturated rings. The first kappa shape index (κ1) is 12.3. The van der Waals surface area contributed by atoms with Gasteiger partial charge in [-0.1, -0.05) is 25.5 Å². The summed E-state index contributed by atoms with van der Waals surface area (Å²) >= 11 is 0. The quantitative estimate of drug-likeness (QED) is 0.840. The van der Waals surface area contributed by atoms with E-state index in [9.17, 15) is 0 Å². The average Bonchev–Trinajstić information content (AvgIpc) is 2.48. The summed E-state index contributed by atoms with van der Waals surface area (Å²) in [5.41, 5.74) is 3.82. The lowest BCUT2D eigenvalue weighted by atomic mass is 9.93. The lowest BCUT2D eigenvalue weighted by Gasteiger charge is -2.26. The Hall–Kier alpha value is -1.74. The van der Waals surface area contributed by atoms with Crippen LogP contribution in [0.25, 0.3) is 11.4 Å². The molecule has 19 heavy (non-hydrogen) atoms. The highest BCUT2D eigenvalue weighted by molar-refractivity contribution is 5.57. The second kappa shape index (κ2) is 5.49. The van der Waals surface area contributed by atoms with Crippen molar-refractivity contribution in [2.75, 3.05) is 6.61 Å². The molecule has 1 aliphatic rings. The fourth-order valence-electron chi connectivity index (χ4n) is 2.63. The molecule has 1 atom stereocenters. The smallest absolute Gasteiger partial charge is 0.159 e. The SMILES string of the molecule is CCC[C@H]1OCCc2cc(-c3ncccn3)ccc21. The van der Waals surface area contributed by atoms with E-state index >= 15 is 0 Å². The number of ether oxygens (including phenoxy) is 1. The van der Waals surface area contributed by atoms with Crippen molar-refractivity contribution in [2.24, 2.45) is 0 Å². The van der Waals surface area contributed by atoms with Crippen LogP contribution in [-0.2, 0) is 11.2 Å². The number of fused-ring (bicyclic) bond motifs is 1. The van der Waals surface area contributed by atoms with Gasteiger partial charge in [-0.25, -0.2) is 9.97 Å². The Morgan fingerprint density at radius 2 is 2.11 bits per heavy atom. The maximum absolute atomic E-state index is 5.86. The Balaban J connectivity index is 1.96. The zero-order valence-electron chi connectivity index (χ0n) is 11.2. The molecule has 0 spiro atoms. The van der Waals surface area contributed by atoms with Gasteiger partial charge in [0, 0.05) is 18.0 Å². The lowest BCUT2D eigenvalue weighted by molar-refractivity contribution is 0.0361. The van der Waals surface area contributed by atoms with E-state index in [1.54, 1.807) is 12.4 Å². The zero-order valence-corrected chi connectivity index (χ0v) is 11.2. The summed E-state index contributed by atoms with van der Waals surface area (Å²) in [5.74, 6) is 0.795. The van der Waals surface area contributed by atoms with Crippen LogP contribution < -0.4 is 0 Å². The lowest BCUT2D eigenvalue weighted by Crippen LogP contribution is -2.16.